The maximum absolute atomic E-state index is 10.9. The fourth-order valence-electron chi connectivity index (χ4n) is 0.973. The van der Waals surface area contributed by atoms with Gasteiger partial charge in [-0.3, -0.25) is 4.79 Å². The van der Waals surface area contributed by atoms with Crippen molar-refractivity contribution in [3.63, 3.8) is 0 Å². The monoisotopic (exact) mass is 140 g/mol. The molecule has 2 heteroatoms. The zero-order valence-electron chi connectivity index (χ0n) is 6.39. The summed E-state index contributed by atoms with van der Waals surface area (Å²) in [4.78, 5) is 10.9. The summed E-state index contributed by atoms with van der Waals surface area (Å²) < 4.78 is 4.82. The molecule has 0 aromatic carbocycles. The Balaban J connectivity index is 2.33. The number of carbonyl (C=O) groups is 1. The van der Waals surface area contributed by atoms with Crippen LogP contribution in [0.25, 0.3) is 0 Å². The SMILES string of the molecule is C/C=C1\C[C@@H]1C(=O)OCC. The van der Waals surface area contributed by atoms with Crippen LogP contribution in [0.1, 0.15) is 20.3 Å². The summed E-state index contributed by atoms with van der Waals surface area (Å²) in [5.74, 6) is 0.0422. The van der Waals surface area contributed by atoms with Crippen LogP contribution in [0.4, 0.5) is 0 Å². The van der Waals surface area contributed by atoms with E-state index in [0.717, 1.165) is 6.42 Å². The van der Waals surface area contributed by atoms with Gasteiger partial charge >= 0.3 is 5.97 Å². The maximum atomic E-state index is 10.9. The lowest BCUT2D eigenvalue weighted by Gasteiger charge is -1.95. The van der Waals surface area contributed by atoms with Gasteiger partial charge in [0.25, 0.3) is 0 Å². The molecule has 0 saturated heterocycles. The van der Waals surface area contributed by atoms with Gasteiger partial charge in [-0.15, -0.1) is 0 Å². The molecule has 0 heterocycles. The van der Waals surface area contributed by atoms with Crippen molar-refractivity contribution in [2.24, 2.45) is 5.92 Å². The van der Waals surface area contributed by atoms with Gasteiger partial charge in [-0.05, 0) is 20.3 Å². The zero-order valence-corrected chi connectivity index (χ0v) is 6.39. The summed E-state index contributed by atoms with van der Waals surface area (Å²) in [5.41, 5.74) is 1.22. The highest BCUT2D eigenvalue weighted by Gasteiger charge is 2.36. The van der Waals surface area contributed by atoms with Crippen LogP contribution in [0, 0.1) is 5.92 Å². The first-order valence-corrected chi connectivity index (χ1v) is 3.61. The molecule has 1 fully saturated rings. The first kappa shape index (κ1) is 7.32. The summed E-state index contributed by atoms with van der Waals surface area (Å²) in [6.07, 6.45) is 2.90. The van der Waals surface area contributed by atoms with E-state index in [4.69, 9.17) is 4.74 Å². The van der Waals surface area contributed by atoms with E-state index in [-0.39, 0.29) is 11.9 Å². The van der Waals surface area contributed by atoms with E-state index in [1.165, 1.54) is 5.57 Å². The maximum Gasteiger partial charge on any atom is 0.313 e. The minimum absolute atomic E-state index is 0.0596. The summed E-state index contributed by atoms with van der Waals surface area (Å²) in [6.45, 7) is 4.27. The Morgan fingerprint density at radius 1 is 1.90 bits per heavy atom. The molecule has 56 valence electrons. The predicted molar refractivity (Wildman–Crippen MR) is 38.5 cm³/mol. The van der Waals surface area contributed by atoms with Crippen LogP contribution in [0.15, 0.2) is 11.6 Å². The molecule has 0 aromatic heterocycles. The summed E-state index contributed by atoms with van der Waals surface area (Å²) in [6, 6.07) is 0. The van der Waals surface area contributed by atoms with Crippen molar-refractivity contribution in [3.8, 4) is 0 Å². The molecule has 1 aliphatic rings. The predicted octanol–water partition coefficient (Wildman–Crippen LogP) is 1.52. The van der Waals surface area contributed by atoms with Gasteiger partial charge in [0.1, 0.15) is 0 Å². The van der Waals surface area contributed by atoms with E-state index >= 15 is 0 Å². The highest BCUT2D eigenvalue weighted by molar-refractivity contribution is 5.80. The van der Waals surface area contributed by atoms with Crippen LogP contribution in [-0.2, 0) is 9.53 Å². The van der Waals surface area contributed by atoms with E-state index < -0.39 is 0 Å². The number of hydrogen-bond acceptors (Lipinski definition) is 2. The summed E-state index contributed by atoms with van der Waals surface area (Å²) in [7, 11) is 0. The zero-order chi connectivity index (χ0) is 7.56. The number of esters is 1. The van der Waals surface area contributed by atoms with Gasteiger partial charge in [0.05, 0.1) is 12.5 Å². The Hall–Kier alpha value is -0.790. The summed E-state index contributed by atoms with van der Waals surface area (Å²) in [5, 5.41) is 0. The Bertz CT molecular complexity index is 170. The van der Waals surface area contributed by atoms with E-state index in [0.29, 0.717) is 6.61 Å². The Morgan fingerprint density at radius 3 is 3.00 bits per heavy atom. The molecule has 0 amide bonds. The van der Waals surface area contributed by atoms with Crippen LogP contribution in [0.5, 0.6) is 0 Å². The normalized spacial score (nSPS) is 26.6. The quantitative estimate of drug-likeness (QED) is 0.429. The largest absolute Gasteiger partial charge is 0.466 e. The van der Waals surface area contributed by atoms with E-state index in [9.17, 15) is 4.79 Å². The van der Waals surface area contributed by atoms with Gasteiger partial charge < -0.3 is 4.74 Å². The number of hydrogen-bond donors (Lipinski definition) is 0. The first-order chi connectivity index (χ1) is 4.79. The molecule has 0 radical (unpaired) electrons. The van der Waals surface area contributed by atoms with Gasteiger partial charge in [-0.25, -0.2) is 0 Å². The molecule has 10 heavy (non-hydrogen) atoms. The van der Waals surface area contributed by atoms with Gasteiger partial charge in [0, 0.05) is 0 Å². The molecule has 0 spiro atoms. The smallest absolute Gasteiger partial charge is 0.313 e. The third kappa shape index (κ3) is 1.38. The van der Waals surface area contributed by atoms with Crippen molar-refractivity contribution in [1.82, 2.24) is 0 Å². The van der Waals surface area contributed by atoms with Gasteiger partial charge in [-0.1, -0.05) is 11.6 Å². The number of allylic oxidation sites excluding steroid dienone is 1. The second-order valence-electron chi connectivity index (χ2n) is 2.37. The third-order valence-corrected chi connectivity index (χ3v) is 1.67. The standard InChI is InChI=1S/C8H12O2/c1-3-6-5-7(6)8(9)10-4-2/h3,7H,4-5H2,1-2H3/b6-3+/t7-/m0/s1. The lowest BCUT2D eigenvalue weighted by atomic mass is 10.4. The fourth-order valence-corrected chi connectivity index (χ4v) is 0.973. The second kappa shape index (κ2) is 2.86. The molecule has 1 rings (SSSR count). The van der Waals surface area contributed by atoms with E-state index in [2.05, 4.69) is 0 Å². The minimum atomic E-state index is -0.0596. The molecule has 1 saturated carbocycles. The van der Waals surface area contributed by atoms with Crippen LogP contribution < -0.4 is 0 Å². The molecular formula is C8H12O2. The van der Waals surface area contributed by atoms with Crippen molar-refractivity contribution in [3.05, 3.63) is 11.6 Å². The average Bonchev–Trinajstić information content (AvgIpc) is 2.66. The Labute approximate surface area is 60.9 Å². The number of carbonyl (C=O) groups excluding carboxylic acids is 1. The Morgan fingerprint density at radius 2 is 2.60 bits per heavy atom. The lowest BCUT2D eigenvalue weighted by molar-refractivity contribution is -0.144. The Kier molecular flexibility index (Phi) is 2.10. The van der Waals surface area contributed by atoms with Crippen molar-refractivity contribution >= 4 is 5.97 Å². The van der Waals surface area contributed by atoms with Crippen molar-refractivity contribution in [1.29, 1.82) is 0 Å². The molecule has 2 nitrogen and oxygen atoms in total. The number of ether oxygens (including phenoxy) is 1. The van der Waals surface area contributed by atoms with Crippen LogP contribution in [0.2, 0.25) is 0 Å². The van der Waals surface area contributed by atoms with Crippen molar-refractivity contribution in [2.45, 2.75) is 20.3 Å². The lowest BCUT2D eigenvalue weighted by Crippen LogP contribution is -2.05. The minimum Gasteiger partial charge on any atom is -0.466 e. The molecular weight excluding hydrogens is 128 g/mol. The van der Waals surface area contributed by atoms with Crippen LogP contribution in [0.3, 0.4) is 0 Å². The first-order valence-electron chi connectivity index (χ1n) is 3.61. The molecule has 0 bridgehead atoms. The molecule has 0 N–H and O–H groups in total. The highest BCUT2D eigenvalue weighted by atomic mass is 16.5. The topological polar surface area (TPSA) is 26.3 Å². The average molecular weight is 140 g/mol. The van der Waals surface area contributed by atoms with E-state index in [1.807, 2.05) is 19.9 Å². The van der Waals surface area contributed by atoms with Crippen LogP contribution in [-0.4, -0.2) is 12.6 Å². The van der Waals surface area contributed by atoms with E-state index in [1.54, 1.807) is 0 Å². The fraction of sp³-hybridized carbons (Fsp3) is 0.625. The van der Waals surface area contributed by atoms with Crippen LogP contribution >= 0.6 is 0 Å². The molecule has 1 atom stereocenters. The third-order valence-electron chi connectivity index (χ3n) is 1.67. The number of rotatable bonds is 2. The molecule has 0 aromatic rings. The van der Waals surface area contributed by atoms with Gasteiger partial charge in [0.15, 0.2) is 0 Å². The summed E-state index contributed by atoms with van der Waals surface area (Å²) >= 11 is 0. The second-order valence-corrected chi connectivity index (χ2v) is 2.37. The highest BCUT2D eigenvalue weighted by Crippen LogP contribution is 2.38. The molecule has 0 aliphatic heterocycles. The molecule has 1 aliphatic carbocycles. The van der Waals surface area contributed by atoms with Crippen molar-refractivity contribution < 1.29 is 9.53 Å². The molecule has 0 unspecified atom stereocenters. The van der Waals surface area contributed by atoms with Gasteiger partial charge in [-0.2, -0.15) is 0 Å². The van der Waals surface area contributed by atoms with Gasteiger partial charge in [0.2, 0.25) is 0 Å². The van der Waals surface area contributed by atoms with Crippen molar-refractivity contribution in [2.75, 3.05) is 6.61 Å².